The molecule has 4 aromatic rings. The predicted octanol–water partition coefficient (Wildman–Crippen LogP) is 5.40. The summed E-state index contributed by atoms with van der Waals surface area (Å²) in [5.74, 6) is -1.26. The van der Waals surface area contributed by atoms with Crippen LogP contribution < -0.4 is 10.3 Å². The van der Waals surface area contributed by atoms with Crippen molar-refractivity contribution in [2.45, 2.75) is 32.9 Å². The summed E-state index contributed by atoms with van der Waals surface area (Å²) in [5.41, 5.74) is -0.665. The fourth-order valence-electron chi connectivity index (χ4n) is 3.85. The van der Waals surface area contributed by atoms with E-state index in [1.54, 1.807) is 24.3 Å². The van der Waals surface area contributed by atoms with Gasteiger partial charge in [-0.15, -0.1) is 0 Å². The number of pyridine rings is 1. The summed E-state index contributed by atoms with van der Waals surface area (Å²) < 4.78 is 41.0. The van der Waals surface area contributed by atoms with Crippen LogP contribution in [0.1, 0.15) is 31.0 Å². The van der Waals surface area contributed by atoms with Crippen LogP contribution in [-0.2, 0) is 17.9 Å². The first-order chi connectivity index (χ1) is 17.8. The molecule has 0 bridgehead atoms. The number of rotatable bonds is 9. The second kappa shape index (κ2) is 11.0. The fraction of sp³-hybridized carbons (Fsp3) is 0.231. The average molecular weight is 511 g/mol. The molecule has 0 saturated heterocycles. The number of unbranched alkanes of at least 4 members (excludes halogenated alkanes) is 1. The average Bonchev–Trinajstić information content (AvgIpc) is 3.23. The lowest BCUT2D eigenvalue weighted by Crippen LogP contribution is -2.25. The van der Waals surface area contributed by atoms with Gasteiger partial charge in [0, 0.05) is 29.3 Å². The number of aromatic nitrogens is 2. The summed E-state index contributed by atoms with van der Waals surface area (Å²) in [4.78, 5) is 36.2. The maximum atomic E-state index is 14.1. The molecule has 0 aliphatic rings. The molecular weight excluding hydrogens is 488 g/mol. The minimum atomic E-state index is -0.827. The van der Waals surface area contributed by atoms with Crippen LogP contribution in [0.4, 0.5) is 19.3 Å². The number of halogens is 2. The molecule has 0 radical (unpaired) electrons. The van der Waals surface area contributed by atoms with Gasteiger partial charge in [0.1, 0.15) is 29.5 Å². The highest BCUT2D eigenvalue weighted by molar-refractivity contribution is 5.94. The van der Waals surface area contributed by atoms with E-state index in [0.717, 1.165) is 29.2 Å². The highest BCUT2D eigenvalue weighted by Gasteiger charge is 2.22. The van der Waals surface area contributed by atoms with Crippen molar-refractivity contribution >= 4 is 22.7 Å². The SMILES string of the molecule is CCCCOC(=O)n1c(Cn2cccc([N+](=O)[O-])c2=O)cc2cccc(OCc3ccc(F)cc3F)c21. The Bertz CT molecular complexity index is 1530. The van der Waals surface area contributed by atoms with Gasteiger partial charge in [0.05, 0.1) is 23.8 Å². The monoisotopic (exact) mass is 511 g/mol. The molecular formula is C26H23F2N3O6. The van der Waals surface area contributed by atoms with Crippen molar-refractivity contribution in [2.75, 3.05) is 6.61 Å². The third-order valence-corrected chi connectivity index (χ3v) is 5.70. The molecule has 192 valence electrons. The fourth-order valence-corrected chi connectivity index (χ4v) is 3.85. The van der Waals surface area contributed by atoms with Crippen molar-refractivity contribution in [1.29, 1.82) is 0 Å². The first kappa shape index (κ1) is 25.5. The number of nitro groups is 1. The van der Waals surface area contributed by atoms with E-state index in [0.29, 0.717) is 23.0 Å². The Balaban J connectivity index is 1.77. The van der Waals surface area contributed by atoms with Crippen molar-refractivity contribution in [3.63, 3.8) is 0 Å². The van der Waals surface area contributed by atoms with E-state index in [9.17, 15) is 28.5 Å². The lowest BCUT2D eigenvalue weighted by atomic mass is 10.2. The van der Waals surface area contributed by atoms with Gasteiger partial charge in [-0.1, -0.05) is 25.5 Å². The maximum Gasteiger partial charge on any atom is 0.418 e. The number of fused-ring (bicyclic) bond motifs is 1. The Kier molecular flexibility index (Phi) is 7.61. The maximum absolute atomic E-state index is 14.1. The Labute approximate surface area is 209 Å². The highest BCUT2D eigenvalue weighted by Crippen LogP contribution is 2.31. The van der Waals surface area contributed by atoms with Crippen LogP contribution in [0.2, 0.25) is 0 Å². The van der Waals surface area contributed by atoms with E-state index in [2.05, 4.69) is 0 Å². The number of para-hydroxylation sites is 1. The molecule has 11 heteroatoms. The molecule has 0 fully saturated rings. The van der Waals surface area contributed by atoms with Crippen molar-refractivity contribution < 1.29 is 28.0 Å². The quantitative estimate of drug-likeness (QED) is 0.169. The van der Waals surface area contributed by atoms with E-state index in [1.165, 1.54) is 22.9 Å². The van der Waals surface area contributed by atoms with Gasteiger partial charge in [-0.2, -0.15) is 0 Å². The predicted molar refractivity (Wildman–Crippen MR) is 131 cm³/mol. The second-order valence-electron chi connectivity index (χ2n) is 8.24. The summed E-state index contributed by atoms with van der Waals surface area (Å²) in [7, 11) is 0. The Hall–Kier alpha value is -4.54. The second-order valence-corrected chi connectivity index (χ2v) is 8.24. The lowest BCUT2D eigenvalue weighted by Gasteiger charge is -2.14. The molecule has 0 aliphatic heterocycles. The van der Waals surface area contributed by atoms with E-state index >= 15 is 0 Å². The van der Waals surface area contributed by atoms with Crippen LogP contribution in [0.15, 0.2) is 65.6 Å². The van der Waals surface area contributed by atoms with Crippen molar-refractivity contribution in [2.24, 2.45) is 0 Å². The zero-order chi connectivity index (χ0) is 26.5. The van der Waals surface area contributed by atoms with Crippen molar-refractivity contribution in [3.8, 4) is 5.75 Å². The largest absolute Gasteiger partial charge is 0.487 e. The summed E-state index contributed by atoms with van der Waals surface area (Å²) in [6.45, 7) is 1.71. The molecule has 4 rings (SSSR count). The summed E-state index contributed by atoms with van der Waals surface area (Å²) >= 11 is 0. The first-order valence-corrected chi connectivity index (χ1v) is 11.5. The van der Waals surface area contributed by atoms with Gasteiger partial charge < -0.3 is 14.0 Å². The van der Waals surface area contributed by atoms with Gasteiger partial charge in [0.15, 0.2) is 0 Å². The third kappa shape index (κ3) is 5.50. The number of hydrogen-bond donors (Lipinski definition) is 0. The normalized spacial score (nSPS) is 11.0. The van der Waals surface area contributed by atoms with Gasteiger partial charge in [0.25, 0.3) is 0 Å². The number of carbonyl (C=O) groups is 1. The van der Waals surface area contributed by atoms with Crippen LogP contribution in [0.3, 0.4) is 0 Å². The van der Waals surface area contributed by atoms with E-state index in [-0.39, 0.29) is 31.1 Å². The number of hydrogen-bond acceptors (Lipinski definition) is 6. The molecule has 37 heavy (non-hydrogen) atoms. The van der Waals surface area contributed by atoms with Crippen LogP contribution in [-0.4, -0.2) is 26.8 Å². The number of ether oxygens (including phenoxy) is 2. The molecule has 9 nitrogen and oxygen atoms in total. The zero-order valence-electron chi connectivity index (χ0n) is 19.9. The molecule has 0 unspecified atom stereocenters. The summed E-state index contributed by atoms with van der Waals surface area (Å²) in [6, 6.07) is 12.2. The number of benzene rings is 2. The van der Waals surface area contributed by atoms with Crippen LogP contribution in [0, 0.1) is 21.7 Å². The molecule has 2 aromatic heterocycles. The summed E-state index contributed by atoms with van der Waals surface area (Å²) in [5, 5.41) is 11.8. The zero-order valence-corrected chi connectivity index (χ0v) is 19.9. The summed E-state index contributed by atoms with van der Waals surface area (Å²) in [6.07, 6.45) is 2.10. The van der Waals surface area contributed by atoms with E-state index in [1.807, 2.05) is 6.92 Å². The van der Waals surface area contributed by atoms with Crippen molar-refractivity contribution in [1.82, 2.24) is 9.13 Å². The number of carbonyl (C=O) groups excluding carboxylic acids is 1. The van der Waals surface area contributed by atoms with E-state index < -0.39 is 33.9 Å². The topological polar surface area (TPSA) is 106 Å². The van der Waals surface area contributed by atoms with Gasteiger partial charge in [-0.05, 0) is 36.8 Å². The van der Waals surface area contributed by atoms with Gasteiger partial charge in [0.2, 0.25) is 0 Å². The molecule has 0 aliphatic carbocycles. The van der Waals surface area contributed by atoms with Crippen LogP contribution in [0.25, 0.3) is 10.9 Å². The third-order valence-electron chi connectivity index (χ3n) is 5.70. The van der Waals surface area contributed by atoms with Gasteiger partial charge in [-0.25, -0.2) is 18.1 Å². The Morgan fingerprint density at radius 1 is 1.11 bits per heavy atom. The van der Waals surface area contributed by atoms with Gasteiger partial charge in [-0.3, -0.25) is 14.9 Å². The minimum Gasteiger partial charge on any atom is -0.487 e. The minimum absolute atomic E-state index is 0.116. The molecule has 0 saturated carbocycles. The molecule has 0 amide bonds. The molecule has 2 aromatic carbocycles. The molecule has 0 atom stereocenters. The highest BCUT2D eigenvalue weighted by atomic mass is 19.1. The molecule has 0 spiro atoms. The van der Waals surface area contributed by atoms with Gasteiger partial charge >= 0.3 is 17.3 Å². The molecule has 2 heterocycles. The lowest BCUT2D eigenvalue weighted by molar-refractivity contribution is -0.386. The van der Waals surface area contributed by atoms with E-state index in [4.69, 9.17) is 9.47 Å². The standard InChI is InChI=1S/C26H23F2N3O6/c1-2-3-12-36-26(33)30-20(15-29-11-5-7-22(25(29)32)31(34)35)13-17-6-4-8-23(24(17)30)37-16-18-9-10-19(27)14-21(18)28/h4-11,13-14H,2-3,12,15-16H2,1H3. The van der Waals surface area contributed by atoms with Crippen molar-refractivity contribution in [3.05, 3.63) is 104 Å². The first-order valence-electron chi connectivity index (χ1n) is 11.5. The van der Waals surface area contributed by atoms with Crippen LogP contribution in [0.5, 0.6) is 5.75 Å². The Morgan fingerprint density at radius 2 is 1.92 bits per heavy atom. The Morgan fingerprint density at radius 3 is 2.65 bits per heavy atom. The smallest absolute Gasteiger partial charge is 0.418 e. The number of nitrogens with zero attached hydrogens (tertiary/aromatic N) is 3. The van der Waals surface area contributed by atoms with Crippen LogP contribution >= 0.6 is 0 Å². The molecule has 0 N–H and O–H groups in total.